The molecule has 28 heavy (non-hydrogen) atoms. The van der Waals surface area contributed by atoms with Crippen molar-refractivity contribution in [1.29, 1.82) is 0 Å². The zero-order chi connectivity index (χ0) is 19.9. The van der Waals surface area contributed by atoms with Gasteiger partial charge < -0.3 is 14.4 Å². The molecule has 3 rings (SSSR count). The number of morpholine rings is 1. The zero-order valence-corrected chi connectivity index (χ0v) is 15.9. The first-order valence-electron chi connectivity index (χ1n) is 9.41. The van der Waals surface area contributed by atoms with Crippen molar-refractivity contribution in [2.24, 2.45) is 0 Å². The molecule has 1 aliphatic heterocycles. The number of rotatable bonds is 7. The molecule has 6 heteroatoms. The molecule has 2 aromatic carbocycles. The van der Waals surface area contributed by atoms with Gasteiger partial charge in [0.05, 0.1) is 19.8 Å². The zero-order valence-electron chi connectivity index (χ0n) is 15.9. The maximum Gasteiger partial charge on any atom is 0.222 e. The summed E-state index contributed by atoms with van der Waals surface area (Å²) in [5.41, 5.74) is 1.52. The molecule has 1 saturated heterocycles. The average molecular weight is 385 g/mol. The highest BCUT2D eigenvalue weighted by molar-refractivity contribution is 5.94. The Morgan fingerprint density at radius 2 is 1.86 bits per heavy atom. The Kier molecular flexibility index (Phi) is 6.76. The molecule has 0 saturated carbocycles. The number of hydrogen-bond acceptors (Lipinski definition) is 4. The molecule has 0 aliphatic carbocycles. The minimum atomic E-state index is -0.288. The summed E-state index contributed by atoms with van der Waals surface area (Å²) in [6.45, 7) is 3.44. The second-order valence-corrected chi connectivity index (χ2v) is 6.78. The van der Waals surface area contributed by atoms with Crippen LogP contribution in [0.25, 0.3) is 0 Å². The Balaban J connectivity index is 1.42. The minimum Gasteiger partial charge on any atom is -0.494 e. The number of ketones is 1. The number of hydrogen-bond donors (Lipinski definition) is 0. The number of halogens is 1. The number of ether oxygens (including phenoxy) is 2. The lowest BCUT2D eigenvalue weighted by Crippen LogP contribution is -2.42. The molecule has 2 aromatic rings. The fraction of sp³-hybridized carbons (Fsp3) is 0.364. The van der Waals surface area contributed by atoms with E-state index in [9.17, 15) is 14.0 Å². The van der Waals surface area contributed by atoms with Gasteiger partial charge in [-0.05, 0) is 55.3 Å². The van der Waals surface area contributed by atoms with Crippen LogP contribution in [0.15, 0.2) is 48.5 Å². The Bertz CT molecular complexity index is 804. The number of carbonyl (C=O) groups excluding carboxylic acids is 2. The topological polar surface area (TPSA) is 55.8 Å². The molecule has 0 radical (unpaired) electrons. The number of carbonyl (C=O) groups is 2. The number of Topliss-reactive ketones (excluding diaryl/α,β-unsaturated/α-hetero) is 1. The molecule has 0 bridgehead atoms. The molecule has 1 amide bonds. The normalized spacial score (nSPS) is 16.6. The molecular weight excluding hydrogens is 361 g/mol. The van der Waals surface area contributed by atoms with Gasteiger partial charge >= 0.3 is 0 Å². The van der Waals surface area contributed by atoms with Crippen LogP contribution in [-0.4, -0.2) is 42.9 Å². The predicted molar refractivity (Wildman–Crippen MR) is 103 cm³/mol. The quantitative estimate of drug-likeness (QED) is 0.538. The van der Waals surface area contributed by atoms with E-state index in [2.05, 4.69) is 0 Å². The Morgan fingerprint density at radius 1 is 1.14 bits per heavy atom. The summed E-state index contributed by atoms with van der Waals surface area (Å²) in [5, 5.41) is 0. The van der Waals surface area contributed by atoms with Crippen molar-refractivity contribution in [2.45, 2.75) is 25.9 Å². The molecular formula is C22H24FNO4. The molecule has 1 heterocycles. The summed E-state index contributed by atoms with van der Waals surface area (Å²) < 4.78 is 24.4. The lowest BCUT2D eigenvalue weighted by Gasteiger charge is -2.33. The fourth-order valence-corrected chi connectivity index (χ4v) is 3.11. The van der Waals surface area contributed by atoms with Gasteiger partial charge in [-0.15, -0.1) is 0 Å². The Morgan fingerprint density at radius 3 is 2.54 bits per heavy atom. The highest BCUT2D eigenvalue weighted by atomic mass is 19.1. The largest absolute Gasteiger partial charge is 0.494 e. The monoisotopic (exact) mass is 385 g/mol. The smallest absolute Gasteiger partial charge is 0.222 e. The molecule has 1 unspecified atom stereocenters. The van der Waals surface area contributed by atoms with E-state index in [4.69, 9.17) is 9.47 Å². The third-order valence-corrected chi connectivity index (χ3v) is 4.73. The van der Waals surface area contributed by atoms with Gasteiger partial charge in [0.15, 0.2) is 5.78 Å². The number of amides is 1. The first-order valence-corrected chi connectivity index (χ1v) is 9.41. The Labute approximate surface area is 164 Å². The van der Waals surface area contributed by atoms with Crippen molar-refractivity contribution in [1.82, 2.24) is 4.90 Å². The summed E-state index contributed by atoms with van der Waals surface area (Å²) in [6, 6.07) is 13.2. The summed E-state index contributed by atoms with van der Waals surface area (Å²) in [4.78, 5) is 25.5. The van der Waals surface area contributed by atoms with Gasteiger partial charge in [0.1, 0.15) is 17.7 Å². The maximum atomic E-state index is 13.1. The highest BCUT2D eigenvalue weighted by Gasteiger charge is 2.25. The van der Waals surface area contributed by atoms with E-state index in [0.717, 1.165) is 5.56 Å². The molecule has 0 spiro atoms. The molecule has 1 fully saturated rings. The van der Waals surface area contributed by atoms with Crippen molar-refractivity contribution in [3.05, 3.63) is 65.5 Å². The molecule has 5 nitrogen and oxygen atoms in total. The van der Waals surface area contributed by atoms with Crippen LogP contribution in [0.4, 0.5) is 4.39 Å². The van der Waals surface area contributed by atoms with Gasteiger partial charge in [0.25, 0.3) is 0 Å². The van der Waals surface area contributed by atoms with Crippen LogP contribution in [0.2, 0.25) is 0 Å². The van der Waals surface area contributed by atoms with E-state index < -0.39 is 0 Å². The van der Waals surface area contributed by atoms with Crippen LogP contribution in [0.3, 0.4) is 0 Å². The van der Waals surface area contributed by atoms with Crippen LogP contribution >= 0.6 is 0 Å². The van der Waals surface area contributed by atoms with Gasteiger partial charge in [-0.1, -0.05) is 12.1 Å². The van der Waals surface area contributed by atoms with Crippen LogP contribution in [0.5, 0.6) is 5.75 Å². The van der Waals surface area contributed by atoms with Crippen molar-refractivity contribution in [3.8, 4) is 5.75 Å². The Hall–Kier alpha value is -2.73. The SMILES string of the molecule is CC(=O)c1ccc(OCCCC(=O)N2CCOC(c3ccc(F)cc3)C2)cc1. The van der Waals surface area contributed by atoms with Gasteiger partial charge in [0.2, 0.25) is 5.91 Å². The van der Waals surface area contributed by atoms with Crippen molar-refractivity contribution < 1.29 is 23.5 Å². The second-order valence-electron chi connectivity index (χ2n) is 6.78. The summed E-state index contributed by atoms with van der Waals surface area (Å²) in [6.07, 6.45) is 0.766. The molecule has 0 aromatic heterocycles. The summed E-state index contributed by atoms with van der Waals surface area (Å²) in [5.74, 6) is 0.469. The van der Waals surface area contributed by atoms with Crippen LogP contribution in [0.1, 0.15) is 41.8 Å². The van der Waals surface area contributed by atoms with E-state index in [1.807, 2.05) is 0 Å². The highest BCUT2D eigenvalue weighted by Crippen LogP contribution is 2.23. The van der Waals surface area contributed by atoms with Gasteiger partial charge in [-0.2, -0.15) is 0 Å². The molecule has 1 aliphatic rings. The fourth-order valence-electron chi connectivity index (χ4n) is 3.11. The first-order chi connectivity index (χ1) is 13.5. The molecule has 1 atom stereocenters. The second kappa shape index (κ2) is 9.46. The van der Waals surface area contributed by atoms with Crippen LogP contribution in [-0.2, 0) is 9.53 Å². The third kappa shape index (κ3) is 5.39. The van der Waals surface area contributed by atoms with E-state index in [-0.39, 0.29) is 23.6 Å². The van der Waals surface area contributed by atoms with Gasteiger partial charge in [-0.25, -0.2) is 4.39 Å². The van der Waals surface area contributed by atoms with E-state index in [1.54, 1.807) is 41.3 Å². The first kappa shape index (κ1) is 20.0. The predicted octanol–water partition coefficient (Wildman–Crippen LogP) is 3.79. The summed E-state index contributed by atoms with van der Waals surface area (Å²) >= 11 is 0. The third-order valence-electron chi connectivity index (χ3n) is 4.73. The number of nitrogens with zero attached hydrogens (tertiary/aromatic N) is 1. The van der Waals surface area contributed by atoms with E-state index in [0.29, 0.717) is 50.5 Å². The van der Waals surface area contributed by atoms with E-state index in [1.165, 1.54) is 19.1 Å². The van der Waals surface area contributed by atoms with Crippen LogP contribution in [0, 0.1) is 5.82 Å². The lowest BCUT2D eigenvalue weighted by atomic mass is 10.1. The van der Waals surface area contributed by atoms with Crippen molar-refractivity contribution in [2.75, 3.05) is 26.3 Å². The standard InChI is InChI=1S/C22H24FNO4/c1-16(25)17-6-10-20(11-7-17)27-13-2-3-22(26)24-12-14-28-21(15-24)18-4-8-19(23)9-5-18/h4-11,21H,2-3,12-15H2,1H3. The molecule has 148 valence electrons. The average Bonchev–Trinajstić information content (AvgIpc) is 2.72. The van der Waals surface area contributed by atoms with Crippen molar-refractivity contribution >= 4 is 11.7 Å². The lowest BCUT2D eigenvalue weighted by molar-refractivity contribution is -0.139. The van der Waals surface area contributed by atoms with Crippen LogP contribution < -0.4 is 4.74 Å². The molecule has 0 N–H and O–H groups in total. The van der Waals surface area contributed by atoms with E-state index >= 15 is 0 Å². The van der Waals surface area contributed by atoms with Gasteiger partial charge in [-0.3, -0.25) is 9.59 Å². The van der Waals surface area contributed by atoms with Gasteiger partial charge in [0, 0.05) is 18.5 Å². The minimum absolute atomic E-state index is 0.0154. The number of benzene rings is 2. The van der Waals surface area contributed by atoms with Crippen molar-refractivity contribution in [3.63, 3.8) is 0 Å². The summed E-state index contributed by atoms with van der Waals surface area (Å²) in [7, 11) is 0. The maximum absolute atomic E-state index is 13.1.